The van der Waals surface area contributed by atoms with Gasteiger partial charge in [-0.25, -0.2) is 9.78 Å². The molecule has 0 unspecified atom stereocenters. The van der Waals surface area contributed by atoms with Crippen LogP contribution in [-0.2, 0) is 6.54 Å². The van der Waals surface area contributed by atoms with Gasteiger partial charge >= 0.3 is 5.97 Å². The van der Waals surface area contributed by atoms with Gasteiger partial charge in [-0.15, -0.1) is 11.3 Å². The van der Waals surface area contributed by atoms with E-state index in [0.29, 0.717) is 12.4 Å². The van der Waals surface area contributed by atoms with Gasteiger partial charge in [-0.3, -0.25) is 0 Å². The molecule has 0 radical (unpaired) electrons. The lowest BCUT2D eigenvalue weighted by atomic mass is 10.2. The van der Waals surface area contributed by atoms with Crippen molar-refractivity contribution in [3.05, 3.63) is 44.7 Å². The molecule has 4 nitrogen and oxygen atoms in total. The Hall–Kier alpha value is -1.40. The highest BCUT2D eigenvalue weighted by Crippen LogP contribution is 2.23. The van der Waals surface area contributed by atoms with Crippen molar-refractivity contribution in [2.45, 2.75) is 6.54 Å². The van der Waals surface area contributed by atoms with E-state index in [9.17, 15) is 4.79 Å². The van der Waals surface area contributed by atoms with Crippen molar-refractivity contribution >= 4 is 39.1 Å². The molecule has 2 heterocycles. The van der Waals surface area contributed by atoms with E-state index in [2.05, 4.69) is 26.2 Å². The van der Waals surface area contributed by atoms with E-state index in [1.165, 1.54) is 18.3 Å². The molecule has 2 aromatic rings. The van der Waals surface area contributed by atoms with Gasteiger partial charge in [0.1, 0.15) is 5.82 Å². The number of anilines is 1. The number of thiophene rings is 1. The fourth-order valence-electron chi connectivity index (χ4n) is 1.28. The molecule has 0 saturated heterocycles. The zero-order valence-corrected chi connectivity index (χ0v) is 11.1. The minimum atomic E-state index is -0.951. The number of aromatic carboxylic acids is 1. The van der Waals surface area contributed by atoms with Crippen molar-refractivity contribution in [3.63, 3.8) is 0 Å². The van der Waals surface area contributed by atoms with Crippen LogP contribution in [0, 0.1) is 0 Å². The number of pyridine rings is 1. The molecule has 2 rings (SSSR count). The fourth-order valence-corrected chi connectivity index (χ4v) is 2.71. The SMILES string of the molecule is O=C(O)c1ccnc(NCc2sccc2Br)c1. The molecule has 0 bridgehead atoms. The summed E-state index contributed by atoms with van der Waals surface area (Å²) in [6, 6.07) is 4.96. The van der Waals surface area contributed by atoms with Crippen LogP contribution in [0.15, 0.2) is 34.2 Å². The molecule has 0 amide bonds. The number of carboxylic acid groups (broad SMARTS) is 1. The average molecular weight is 313 g/mol. The van der Waals surface area contributed by atoms with E-state index in [0.717, 1.165) is 9.35 Å². The van der Waals surface area contributed by atoms with Crippen molar-refractivity contribution in [3.8, 4) is 0 Å². The summed E-state index contributed by atoms with van der Waals surface area (Å²) in [5.41, 5.74) is 0.229. The van der Waals surface area contributed by atoms with Crippen LogP contribution < -0.4 is 5.32 Å². The largest absolute Gasteiger partial charge is 0.478 e. The Morgan fingerprint density at radius 2 is 2.35 bits per heavy atom. The molecular formula is C11H9BrN2O2S. The molecular weight excluding hydrogens is 304 g/mol. The predicted molar refractivity (Wildman–Crippen MR) is 70.5 cm³/mol. The third-order valence-corrected chi connectivity index (χ3v) is 4.05. The zero-order chi connectivity index (χ0) is 12.3. The third kappa shape index (κ3) is 3.04. The third-order valence-electron chi connectivity index (χ3n) is 2.13. The van der Waals surface area contributed by atoms with E-state index in [-0.39, 0.29) is 5.56 Å². The van der Waals surface area contributed by atoms with Gasteiger partial charge in [0.05, 0.1) is 12.1 Å². The van der Waals surface area contributed by atoms with Gasteiger partial charge in [-0.2, -0.15) is 0 Å². The highest BCUT2D eigenvalue weighted by atomic mass is 79.9. The first-order chi connectivity index (χ1) is 8.16. The lowest BCUT2D eigenvalue weighted by molar-refractivity contribution is 0.0697. The number of hydrogen-bond donors (Lipinski definition) is 2. The molecule has 0 aliphatic rings. The summed E-state index contributed by atoms with van der Waals surface area (Å²) < 4.78 is 1.05. The van der Waals surface area contributed by atoms with E-state index in [1.54, 1.807) is 11.3 Å². The van der Waals surface area contributed by atoms with Gasteiger partial charge in [0.15, 0.2) is 0 Å². The average Bonchev–Trinajstić information content (AvgIpc) is 2.72. The second kappa shape index (κ2) is 5.29. The molecule has 0 aliphatic heterocycles. The van der Waals surface area contributed by atoms with Crippen LogP contribution in [0.1, 0.15) is 15.2 Å². The van der Waals surface area contributed by atoms with Crippen LogP contribution in [0.5, 0.6) is 0 Å². The summed E-state index contributed by atoms with van der Waals surface area (Å²) in [6.07, 6.45) is 1.48. The molecule has 17 heavy (non-hydrogen) atoms. The molecule has 88 valence electrons. The number of nitrogens with zero attached hydrogens (tertiary/aromatic N) is 1. The number of aromatic nitrogens is 1. The number of halogens is 1. The number of carbonyl (C=O) groups is 1. The van der Waals surface area contributed by atoms with Crippen molar-refractivity contribution in [1.82, 2.24) is 4.98 Å². The second-order valence-corrected chi connectivity index (χ2v) is 5.14. The summed E-state index contributed by atoms with van der Waals surface area (Å²) in [6.45, 7) is 0.619. The van der Waals surface area contributed by atoms with Crippen molar-refractivity contribution < 1.29 is 9.90 Å². The van der Waals surface area contributed by atoms with Crippen LogP contribution in [0.3, 0.4) is 0 Å². The van der Waals surface area contributed by atoms with E-state index in [4.69, 9.17) is 5.11 Å². The zero-order valence-electron chi connectivity index (χ0n) is 8.68. The van der Waals surface area contributed by atoms with Crippen LogP contribution in [-0.4, -0.2) is 16.1 Å². The number of carboxylic acids is 1. The Morgan fingerprint density at radius 1 is 1.53 bits per heavy atom. The molecule has 2 aromatic heterocycles. The van der Waals surface area contributed by atoms with Gasteiger partial charge in [-0.1, -0.05) is 0 Å². The summed E-state index contributed by atoms with van der Waals surface area (Å²) in [4.78, 5) is 16.0. The Morgan fingerprint density at radius 3 is 3.00 bits per heavy atom. The van der Waals surface area contributed by atoms with Crippen molar-refractivity contribution in [2.75, 3.05) is 5.32 Å². The maximum atomic E-state index is 10.8. The second-order valence-electron chi connectivity index (χ2n) is 3.28. The number of hydrogen-bond acceptors (Lipinski definition) is 4. The van der Waals surface area contributed by atoms with E-state index < -0.39 is 5.97 Å². The molecule has 2 N–H and O–H groups in total. The Labute approximate surface area is 110 Å². The minimum Gasteiger partial charge on any atom is -0.478 e. The Bertz CT molecular complexity index is 542. The molecule has 6 heteroatoms. The highest BCUT2D eigenvalue weighted by Gasteiger charge is 2.05. The molecule has 0 spiro atoms. The monoisotopic (exact) mass is 312 g/mol. The molecule has 0 aliphatic carbocycles. The van der Waals surface area contributed by atoms with Crippen LogP contribution in [0.2, 0.25) is 0 Å². The molecule has 0 aromatic carbocycles. The molecule has 0 atom stereocenters. The lowest BCUT2D eigenvalue weighted by Crippen LogP contribution is -2.03. The summed E-state index contributed by atoms with van der Waals surface area (Å²) >= 11 is 5.06. The van der Waals surface area contributed by atoms with Gasteiger partial charge < -0.3 is 10.4 Å². The normalized spacial score (nSPS) is 10.2. The van der Waals surface area contributed by atoms with Gasteiger partial charge in [0.25, 0.3) is 0 Å². The topological polar surface area (TPSA) is 62.2 Å². The lowest BCUT2D eigenvalue weighted by Gasteiger charge is -2.05. The number of rotatable bonds is 4. The fraction of sp³-hybridized carbons (Fsp3) is 0.0909. The van der Waals surface area contributed by atoms with Crippen LogP contribution in [0.25, 0.3) is 0 Å². The first-order valence-corrected chi connectivity index (χ1v) is 6.49. The Kier molecular flexibility index (Phi) is 3.75. The molecule has 0 saturated carbocycles. The smallest absolute Gasteiger partial charge is 0.335 e. The Balaban J connectivity index is 2.07. The van der Waals surface area contributed by atoms with Gasteiger partial charge in [0.2, 0.25) is 0 Å². The standard InChI is InChI=1S/C11H9BrN2O2S/c12-8-2-4-17-9(8)6-14-10-5-7(11(15)16)1-3-13-10/h1-5H,6H2,(H,13,14)(H,15,16). The van der Waals surface area contributed by atoms with Gasteiger partial charge in [-0.05, 0) is 39.5 Å². The van der Waals surface area contributed by atoms with E-state index >= 15 is 0 Å². The quantitative estimate of drug-likeness (QED) is 0.910. The maximum Gasteiger partial charge on any atom is 0.335 e. The van der Waals surface area contributed by atoms with Crippen molar-refractivity contribution in [1.29, 1.82) is 0 Å². The van der Waals surface area contributed by atoms with E-state index in [1.807, 2.05) is 11.4 Å². The van der Waals surface area contributed by atoms with Gasteiger partial charge in [0, 0.05) is 15.5 Å². The predicted octanol–water partition coefficient (Wildman–Crippen LogP) is 3.22. The van der Waals surface area contributed by atoms with Crippen molar-refractivity contribution in [2.24, 2.45) is 0 Å². The highest BCUT2D eigenvalue weighted by molar-refractivity contribution is 9.10. The minimum absolute atomic E-state index is 0.229. The summed E-state index contributed by atoms with van der Waals surface area (Å²) in [5, 5.41) is 13.9. The maximum absolute atomic E-state index is 10.8. The summed E-state index contributed by atoms with van der Waals surface area (Å²) in [5.74, 6) is -0.391. The van der Waals surface area contributed by atoms with Crippen LogP contribution >= 0.6 is 27.3 Å². The first kappa shape index (κ1) is 12.1. The first-order valence-electron chi connectivity index (χ1n) is 4.82. The summed E-state index contributed by atoms with van der Waals surface area (Å²) in [7, 11) is 0. The van der Waals surface area contributed by atoms with Crippen LogP contribution in [0.4, 0.5) is 5.82 Å². The molecule has 0 fully saturated rings. The number of nitrogens with one attached hydrogen (secondary N) is 1.